The number of benzene rings is 2. The van der Waals surface area contributed by atoms with Crippen molar-refractivity contribution in [2.24, 2.45) is 10.1 Å². The summed E-state index contributed by atoms with van der Waals surface area (Å²) < 4.78 is 11.0. The second kappa shape index (κ2) is 8.74. The lowest BCUT2D eigenvalue weighted by Crippen LogP contribution is -2.35. The van der Waals surface area contributed by atoms with E-state index in [0.29, 0.717) is 31.6 Å². The van der Waals surface area contributed by atoms with E-state index in [0.717, 1.165) is 11.3 Å². The quantitative estimate of drug-likeness (QED) is 0.615. The van der Waals surface area contributed by atoms with Crippen LogP contribution in [0.1, 0.15) is 11.1 Å². The molecule has 0 saturated heterocycles. The number of fused-ring (bicyclic) bond motifs is 1. The second-order valence-corrected chi connectivity index (χ2v) is 8.44. The molecule has 0 spiro atoms. The highest BCUT2D eigenvalue weighted by Gasteiger charge is 2.35. The van der Waals surface area contributed by atoms with Crippen molar-refractivity contribution < 1.29 is 14.3 Å². The number of nitrogens with zero attached hydrogens (tertiary/aromatic N) is 3. The van der Waals surface area contributed by atoms with Gasteiger partial charge >= 0.3 is 0 Å². The van der Waals surface area contributed by atoms with Gasteiger partial charge in [0.2, 0.25) is 5.17 Å². The molecule has 2 heterocycles. The number of aryl methyl sites for hydroxylation is 1. The summed E-state index contributed by atoms with van der Waals surface area (Å²) in [6.45, 7) is 2.16. The fourth-order valence-corrected chi connectivity index (χ4v) is 4.43. The Hall–Kier alpha value is -2.81. The number of thioether (sulfide) groups is 1. The largest absolute Gasteiger partial charge is 0.494 e. The van der Waals surface area contributed by atoms with Crippen LogP contribution in [0.3, 0.4) is 0 Å². The van der Waals surface area contributed by atoms with E-state index in [9.17, 15) is 4.79 Å². The maximum atomic E-state index is 12.6. The molecule has 1 N–H and O–H groups in total. The predicted octanol–water partition coefficient (Wildman–Crippen LogP) is 5.01. The standard InChI is InChI=1S/C21H16Cl2N4O3S/c1-11-5-3-4-6-16(11)30-10-17-26-27-19(24)13(20(28)25-21(27)31-17)7-12-8-14(22)18(29-2)15(23)9-12/h3-9,24H,10H2,1-2H3/b13-7-,24-19?. The zero-order chi connectivity index (χ0) is 22.1. The molecule has 0 fully saturated rings. The number of amides is 1. The van der Waals surface area contributed by atoms with Gasteiger partial charge < -0.3 is 9.47 Å². The van der Waals surface area contributed by atoms with E-state index in [1.807, 2.05) is 31.2 Å². The molecule has 0 atom stereocenters. The van der Waals surface area contributed by atoms with Crippen LogP contribution in [0.5, 0.6) is 11.5 Å². The van der Waals surface area contributed by atoms with Crippen molar-refractivity contribution in [1.82, 2.24) is 5.01 Å². The summed E-state index contributed by atoms with van der Waals surface area (Å²) in [5, 5.41) is 15.7. The average molecular weight is 475 g/mol. The number of aliphatic imine (C=N–C) groups is 1. The summed E-state index contributed by atoms with van der Waals surface area (Å²) in [6, 6.07) is 10.9. The van der Waals surface area contributed by atoms with E-state index < -0.39 is 5.91 Å². The maximum absolute atomic E-state index is 12.6. The summed E-state index contributed by atoms with van der Waals surface area (Å²) in [7, 11) is 1.46. The number of halogens is 2. The number of nitrogens with one attached hydrogen (secondary N) is 1. The number of hydrogen-bond acceptors (Lipinski definition) is 6. The van der Waals surface area contributed by atoms with E-state index in [1.165, 1.54) is 30.0 Å². The molecule has 0 saturated carbocycles. The van der Waals surface area contributed by atoms with Crippen LogP contribution in [0.4, 0.5) is 0 Å². The Morgan fingerprint density at radius 1 is 1.23 bits per heavy atom. The number of rotatable bonds is 5. The number of amidine groups is 2. The predicted molar refractivity (Wildman–Crippen MR) is 125 cm³/mol. The van der Waals surface area contributed by atoms with E-state index >= 15 is 0 Å². The van der Waals surface area contributed by atoms with Crippen molar-refractivity contribution in [3.05, 3.63) is 63.1 Å². The molecule has 31 heavy (non-hydrogen) atoms. The first-order valence-electron chi connectivity index (χ1n) is 9.08. The van der Waals surface area contributed by atoms with Gasteiger partial charge in [-0.3, -0.25) is 10.2 Å². The Morgan fingerprint density at radius 3 is 2.61 bits per heavy atom. The summed E-state index contributed by atoms with van der Waals surface area (Å²) in [6.07, 6.45) is 1.50. The normalized spacial score (nSPS) is 16.9. The van der Waals surface area contributed by atoms with Gasteiger partial charge in [-0.1, -0.05) is 41.4 Å². The van der Waals surface area contributed by atoms with Crippen LogP contribution in [-0.2, 0) is 4.79 Å². The van der Waals surface area contributed by atoms with Gasteiger partial charge in [0.25, 0.3) is 5.91 Å². The number of hydrazone groups is 1. The van der Waals surface area contributed by atoms with Crippen molar-refractivity contribution in [3.63, 3.8) is 0 Å². The Kier molecular flexibility index (Phi) is 6.04. The first-order chi connectivity index (χ1) is 14.9. The SMILES string of the molecule is COc1c(Cl)cc(/C=C2/C(=N)N3N=C(COc4ccccc4C)SC3=NC2=O)cc1Cl. The number of carbonyl (C=O) groups excluding carboxylic acids is 1. The summed E-state index contributed by atoms with van der Waals surface area (Å²) in [4.78, 5) is 16.6. The summed E-state index contributed by atoms with van der Waals surface area (Å²) >= 11 is 13.5. The minimum Gasteiger partial charge on any atom is -0.494 e. The van der Waals surface area contributed by atoms with Gasteiger partial charge in [-0.05, 0) is 54.1 Å². The number of ether oxygens (including phenoxy) is 2. The van der Waals surface area contributed by atoms with Gasteiger partial charge in [-0.25, -0.2) is 0 Å². The van der Waals surface area contributed by atoms with Crippen molar-refractivity contribution in [3.8, 4) is 11.5 Å². The maximum Gasteiger partial charge on any atom is 0.283 e. The summed E-state index contributed by atoms with van der Waals surface area (Å²) in [5.41, 5.74) is 1.62. The highest BCUT2D eigenvalue weighted by molar-refractivity contribution is 8.27. The summed E-state index contributed by atoms with van der Waals surface area (Å²) in [5.74, 6) is 0.465. The van der Waals surface area contributed by atoms with Crippen LogP contribution in [-0.4, -0.2) is 40.7 Å². The molecule has 0 aliphatic carbocycles. The molecule has 2 aliphatic heterocycles. The van der Waals surface area contributed by atoms with Gasteiger partial charge in [0, 0.05) is 0 Å². The lowest BCUT2D eigenvalue weighted by atomic mass is 10.1. The van der Waals surface area contributed by atoms with E-state index in [1.54, 1.807) is 12.1 Å². The molecular formula is C21H16Cl2N4O3S. The Morgan fingerprint density at radius 2 is 1.94 bits per heavy atom. The molecule has 0 aromatic heterocycles. The lowest BCUT2D eigenvalue weighted by molar-refractivity contribution is -0.114. The topological polar surface area (TPSA) is 87.3 Å². The number of para-hydroxylation sites is 1. The Balaban J connectivity index is 1.56. The van der Waals surface area contributed by atoms with Gasteiger partial charge in [0.15, 0.2) is 11.6 Å². The van der Waals surface area contributed by atoms with Crippen molar-refractivity contribution in [2.75, 3.05) is 13.7 Å². The van der Waals surface area contributed by atoms with Crippen LogP contribution in [0.15, 0.2) is 52.1 Å². The van der Waals surface area contributed by atoms with E-state index in [2.05, 4.69) is 10.1 Å². The number of hydrogen-bond donors (Lipinski definition) is 1. The minimum atomic E-state index is -0.539. The Bertz CT molecular complexity index is 1170. The molecular weight excluding hydrogens is 459 g/mol. The van der Waals surface area contributed by atoms with Crippen LogP contribution < -0.4 is 9.47 Å². The average Bonchev–Trinajstić information content (AvgIpc) is 3.13. The smallest absolute Gasteiger partial charge is 0.283 e. The monoisotopic (exact) mass is 474 g/mol. The van der Waals surface area contributed by atoms with Crippen LogP contribution in [0.25, 0.3) is 6.08 Å². The fourth-order valence-electron chi connectivity index (χ4n) is 2.97. The zero-order valence-electron chi connectivity index (χ0n) is 16.5. The highest BCUT2D eigenvalue weighted by atomic mass is 35.5. The van der Waals surface area contributed by atoms with E-state index in [4.69, 9.17) is 38.1 Å². The molecule has 2 aromatic rings. The molecule has 0 unspecified atom stereocenters. The molecule has 158 valence electrons. The van der Waals surface area contributed by atoms with Gasteiger partial charge in [0.1, 0.15) is 17.4 Å². The molecule has 1 amide bonds. The van der Waals surface area contributed by atoms with Crippen molar-refractivity contribution >= 4 is 63.0 Å². The zero-order valence-corrected chi connectivity index (χ0v) is 18.8. The third-order valence-corrected chi connectivity index (χ3v) is 5.92. The van der Waals surface area contributed by atoms with Crippen LogP contribution in [0.2, 0.25) is 10.0 Å². The molecule has 2 aromatic carbocycles. The lowest BCUT2D eigenvalue weighted by Gasteiger charge is -2.20. The molecule has 0 radical (unpaired) electrons. The van der Waals surface area contributed by atoms with E-state index in [-0.39, 0.29) is 18.0 Å². The molecule has 10 heteroatoms. The fraction of sp³-hybridized carbons (Fsp3) is 0.143. The van der Waals surface area contributed by atoms with Gasteiger partial charge in [-0.2, -0.15) is 15.1 Å². The molecule has 4 rings (SSSR count). The van der Waals surface area contributed by atoms with Crippen molar-refractivity contribution in [1.29, 1.82) is 5.41 Å². The molecule has 7 nitrogen and oxygen atoms in total. The highest BCUT2D eigenvalue weighted by Crippen LogP contribution is 2.35. The van der Waals surface area contributed by atoms with Gasteiger partial charge in [-0.15, -0.1) is 0 Å². The Labute approximate surface area is 192 Å². The minimum absolute atomic E-state index is 0.0754. The number of methoxy groups -OCH3 is 1. The second-order valence-electron chi connectivity index (χ2n) is 6.59. The molecule has 0 bridgehead atoms. The third kappa shape index (κ3) is 4.32. The van der Waals surface area contributed by atoms with Crippen LogP contribution >= 0.6 is 35.0 Å². The first kappa shape index (κ1) is 21.4. The van der Waals surface area contributed by atoms with Crippen LogP contribution in [0, 0.1) is 12.3 Å². The van der Waals surface area contributed by atoms with Crippen molar-refractivity contribution in [2.45, 2.75) is 6.92 Å². The number of carbonyl (C=O) groups is 1. The third-order valence-electron chi connectivity index (χ3n) is 4.48. The first-order valence-corrected chi connectivity index (χ1v) is 10.6. The van der Waals surface area contributed by atoms with Gasteiger partial charge in [0.05, 0.1) is 22.7 Å². The molecule has 2 aliphatic rings.